The van der Waals surface area contributed by atoms with Gasteiger partial charge in [-0.1, -0.05) is 12.1 Å². The van der Waals surface area contributed by atoms with Crippen molar-refractivity contribution in [1.82, 2.24) is 10.2 Å². The number of hydrogen-bond donors (Lipinski definition) is 2. The van der Waals surface area contributed by atoms with E-state index in [9.17, 15) is 9.90 Å². The molecular weight excluding hydrogens is 240 g/mol. The number of carbonyl (C=O) groups is 1. The zero-order chi connectivity index (χ0) is 13.5. The number of nitrogens with one attached hydrogen (secondary N) is 1. The Morgan fingerprint density at radius 2 is 1.95 bits per heavy atom. The molecule has 2 rings (SSSR count). The van der Waals surface area contributed by atoms with E-state index < -0.39 is 0 Å². The average Bonchev–Trinajstić information content (AvgIpc) is 2.92. The quantitative estimate of drug-likeness (QED) is 0.771. The van der Waals surface area contributed by atoms with Crippen LogP contribution in [-0.4, -0.2) is 42.1 Å². The number of nitrogens with zero attached hydrogens (tertiary/aromatic N) is 1. The van der Waals surface area contributed by atoms with Gasteiger partial charge in [0, 0.05) is 6.54 Å². The fourth-order valence-corrected chi connectivity index (χ4v) is 2.43. The van der Waals surface area contributed by atoms with Gasteiger partial charge in [0.25, 0.3) is 5.91 Å². The van der Waals surface area contributed by atoms with Crippen LogP contribution < -0.4 is 5.32 Å². The summed E-state index contributed by atoms with van der Waals surface area (Å²) in [6, 6.07) is 6.63. The lowest BCUT2D eigenvalue weighted by Gasteiger charge is -2.14. The van der Waals surface area contributed by atoms with Crippen molar-refractivity contribution in [1.29, 1.82) is 0 Å². The smallest absolute Gasteiger partial charge is 0.255 e. The molecule has 4 heteroatoms. The number of unbranched alkanes of at least 4 members (excludes halogenated alkanes) is 1. The van der Waals surface area contributed by atoms with Crippen LogP contribution in [0.5, 0.6) is 5.75 Å². The second-order valence-corrected chi connectivity index (χ2v) is 5.03. The van der Waals surface area contributed by atoms with Crippen molar-refractivity contribution in [2.24, 2.45) is 0 Å². The van der Waals surface area contributed by atoms with E-state index in [1.807, 2.05) is 0 Å². The van der Waals surface area contributed by atoms with Gasteiger partial charge in [0.15, 0.2) is 0 Å². The van der Waals surface area contributed by atoms with Crippen LogP contribution >= 0.6 is 0 Å². The summed E-state index contributed by atoms with van der Waals surface area (Å²) in [5.74, 6) is -0.156. The van der Waals surface area contributed by atoms with E-state index in [0.29, 0.717) is 12.1 Å². The van der Waals surface area contributed by atoms with Crippen molar-refractivity contribution in [3.63, 3.8) is 0 Å². The molecule has 1 amide bonds. The maximum atomic E-state index is 11.8. The van der Waals surface area contributed by atoms with Crippen molar-refractivity contribution < 1.29 is 9.90 Å². The van der Waals surface area contributed by atoms with Crippen LogP contribution in [0.2, 0.25) is 0 Å². The second-order valence-electron chi connectivity index (χ2n) is 5.03. The third-order valence-electron chi connectivity index (χ3n) is 3.53. The molecule has 1 aliphatic rings. The van der Waals surface area contributed by atoms with E-state index in [1.54, 1.807) is 18.2 Å². The molecule has 19 heavy (non-hydrogen) atoms. The van der Waals surface area contributed by atoms with Crippen LogP contribution in [0.15, 0.2) is 24.3 Å². The molecule has 1 heterocycles. The number of aromatic hydroxyl groups is 1. The van der Waals surface area contributed by atoms with Gasteiger partial charge in [-0.15, -0.1) is 0 Å². The van der Waals surface area contributed by atoms with Crippen LogP contribution in [-0.2, 0) is 0 Å². The summed E-state index contributed by atoms with van der Waals surface area (Å²) in [4.78, 5) is 14.3. The molecule has 104 valence electrons. The van der Waals surface area contributed by atoms with Crippen molar-refractivity contribution in [2.45, 2.75) is 25.7 Å². The van der Waals surface area contributed by atoms with E-state index in [1.165, 1.54) is 32.0 Å². The third-order valence-corrected chi connectivity index (χ3v) is 3.53. The standard InChI is InChI=1S/C15H22N2O2/c18-14-8-2-1-7-13(14)15(19)16-9-3-4-10-17-11-5-6-12-17/h1-2,7-8,18H,3-6,9-12H2,(H,16,19). The minimum atomic E-state index is -0.195. The first-order valence-corrected chi connectivity index (χ1v) is 7.06. The van der Waals surface area contributed by atoms with Crippen molar-refractivity contribution in [3.05, 3.63) is 29.8 Å². The molecular formula is C15H22N2O2. The number of para-hydroxylation sites is 1. The zero-order valence-corrected chi connectivity index (χ0v) is 11.3. The van der Waals surface area contributed by atoms with E-state index in [-0.39, 0.29) is 11.7 Å². The molecule has 0 saturated carbocycles. The number of phenolic OH excluding ortho intramolecular Hbond substituents is 1. The number of likely N-dealkylation sites (tertiary alicyclic amines) is 1. The molecule has 0 bridgehead atoms. The summed E-state index contributed by atoms with van der Waals surface area (Å²) < 4.78 is 0. The van der Waals surface area contributed by atoms with Gasteiger partial charge in [0.05, 0.1) is 5.56 Å². The summed E-state index contributed by atoms with van der Waals surface area (Å²) in [6.45, 7) is 4.25. The summed E-state index contributed by atoms with van der Waals surface area (Å²) in [5, 5.41) is 12.4. The molecule has 0 aromatic heterocycles. The van der Waals surface area contributed by atoms with Crippen LogP contribution in [0, 0.1) is 0 Å². The molecule has 1 saturated heterocycles. The van der Waals surface area contributed by atoms with Crippen LogP contribution in [0.4, 0.5) is 0 Å². The third kappa shape index (κ3) is 4.24. The predicted octanol–water partition coefficient (Wildman–Crippen LogP) is 2.00. The molecule has 1 aromatic carbocycles. The fraction of sp³-hybridized carbons (Fsp3) is 0.533. The lowest BCUT2D eigenvalue weighted by atomic mass is 10.2. The first kappa shape index (κ1) is 13.9. The Kier molecular flexibility index (Phi) is 5.21. The van der Waals surface area contributed by atoms with Gasteiger partial charge in [-0.05, 0) is 57.5 Å². The molecule has 1 fully saturated rings. The summed E-state index contributed by atoms with van der Waals surface area (Å²) >= 11 is 0. The molecule has 0 spiro atoms. The number of carbonyl (C=O) groups excluding carboxylic acids is 1. The van der Waals surface area contributed by atoms with E-state index >= 15 is 0 Å². The summed E-state index contributed by atoms with van der Waals surface area (Å²) in [6.07, 6.45) is 4.74. The molecule has 0 unspecified atom stereocenters. The SMILES string of the molecule is O=C(NCCCCN1CCCC1)c1ccccc1O. The van der Waals surface area contributed by atoms with Crippen LogP contribution in [0.1, 0.15) is 36.0 Å². The van der Waals surface area contributed by atoms with Crippen molar-refractivity contribution >= 4 is 5.91 Å². The fourth-order valence-electron chi connectivity index (χ4n) is 2.43. The van der Waals surface area contributed by atoms with Gasteiger partial charge < -0.3 is 15.3 Å². The maximum absolute atomic E-state index is 11.8. The maximum Gasteiger partial charge on any atom is 0.255 e. The number of benzene rings is 1. The Labute approximate surface area is 114 Å². The topological polar surface area (TPSA) is 52.6 Å². The highest BCUT2D eigenvalue weighted by molar-refractivity contribution is 5.96. The summed E-state index contributed by atoms with van der Waals surface area (Å²) in [7, 11) is 0. The average molecular weight is 262 g/mol. The predicted molar refractivity (Wildman–Crippen MR) is 75.3 cm³/mol. The Hall–Kier alpha value is -1.55. The van der Waals surface area contributed by atoms with Crippen molar-refractivity contribution in [3.8, 4) is 5.75 Å². The molecule has 4 nitrogen and oxygen atoms in total. The second kappa shape index (κ2) is 7.14. The highest BCUT2D eigenvalue weighted by Crippen LogP contribution is 2.15. The Balaban J connectivity index is 1.62. The molecule has 0 aliphatic carbocycles. The number of rotatable bonds is 6. The molecule has 1 aliphatic heterocycles. The molecule has 2 N–H and O–H groups in total. The lowest BCUT2D eigenvalue weighted by molar-refractivity contribution is 0.0950. The van der Waals surface area contributed by atoms with Crippen LogP contribution in [0.3, 0.4) is 0 Å². The minimum absolute atomic E-state index is 0.0390. The van der Waals surface area contributed by atoms with Gasteiger partial charge in [-0.25, -0.2) is 0 Å². The Morgan fingerprint density at radius 3 is 2.68 bits per heavy atom. The molecule has 0 radical (unpaired) electrons. The monoisotopic (exact) mass is 262 g/mol. The number of amides is 1. The number of phenols is 1. The van der Waals surface area contributed by atoms with Gasteiger partial charge in [-0.3, -0.25) is 4.79 Å². The zero-order valence-electron chi connectivity index (χ0n) is 11.3. The van der Waals surface area contributed by atoms with Crippen molar-refractivity contribution in [2.75, 3.05) is 26.2 Å². The van der Waals surface area contributed by atoms with Gasteiger partial charge in [0.1, 0.15) is 5.75 Å². The van der Waals surface area contributed by atoms with E-state index in [0.717, 1.165) is 19.4 Å². The largest absolute Gasteiger partial charge is 0.507 e. The van der Waals surface area contributed by atoms with Gasteiger partial charge in [-0.2, -0.15) is 0 Å². The van der Waals surface area contributed by atoms with E-state index in [4.69, 9.17) is 0 Å². The highest BCUT2D eigenvalue weighted by Gasteiger charge is 2.11. The first-order chi connectivity index (χ1) is 9.27. The highest BCUT2D eigenvalue weighted by atomic mass is 16.3. The molecule has 0 atom stereocenters. The first-order valence-electron chi connectivity index (χ1n) is 7.06. The van der Waals surface area contributed by atoms with Gasteiger partial charge in [0.2, 0.25) is 0 Å². The summed E-state index contributed by atoms with van der Waals surface area (Å²) in [5.41, 5.74) is 0.349. The Morgan fingerprint density at radius 1 is 1.21 bits per heavy atom. The normalized spacial score (nSPS) is 15.6. The number of hydrogen-bond acceptors (Lipinski definition) is 3. The van der Waals surface area contributed by atoms with Crippen LogP contribution in [0.25, 0.3) is 0 Å². The minimum Gasteiger partial charge on any atom is -0.507 e. The Bertz CT molecular complexity index is 414. The lowest BCUT2D eigenvalue weighted by Crippen LogP contribution is -2.26. The van der Waals surface area contributed by atoms with E-state index in [2.05, 4.69) is 10.2 Å². The van der Waals surface area contributed by atoms with Gasteiger partial charge >= 0.3 is 0 Å². The molecule has 1 aromatic rings.